The van der Waals surface area contributed by atoms with Crippen molar-refractivity contribution in [1.29, 1.82) is 0 Å². The number of rotatable bonds is 5. The normalized spacial score (nSPS) is 12.3. The summed E-state index contributed by atoms with van der Waals surface area (Å²) in [7, 11) is 3.77. The van der Waals surface area contributed by atoms with Gasteiger partial charge in [-0.05, 0) is 30.2 Å². The van der Waals surface area contributed by atoms with Crippen molar-refractivity contribution in [1.82, 2.24) is 9.47 Å². The van der Waals surface area contributed by atoms with E-state index in [0.29, 0.717) is 12.0 Å². The topological polar surface area (TPSA) is 45.5 Å². The van der Waals surface area contributed by atoms with Crippen molar-refractivity contribution >= 4 is 16.8 Å². The molecular weight excluding hydrogens is 300 g/mol. The molecule has 0 spiro atoms. The van der Waals surface area contributed by atoms with Crippen LogP contribution in [-0.2, 0) is 7.05 Å². The first kappa shape index (κ1) is 16.3. The van der Waals surface area contributed by atoms with Crippen LogP contribution in [0.1, 0.15) is 28.4 Å². The van der Waals surface area contributed by atoms with Crippen molar-refractivity contribution in [3.05, 3.63) is 71.9 Å². The number of fused-ring (bicyclic) bond motifs is 1. The summed E-state index contributed by atoms with van der Waals surface area (Å²) < 4.78 is 2.01. The summed E-state index contributed by atoms with van der Waals surface area (Å²) in [6.07, 6.45) is 2.47. The Bertz CT molecular complexity index is 839. The molecule has 0 saturated heterocycles. The second kappa shape index (κ2) is 6.89. The van der Waals surface area contributed by atoms with E-state index in [2.05, 4.69) is 0 Å². The SMILES string of the molecule is CN(C(=O)c1cccc2c1ccn2C)C(CCO)c1ccccc1. The molecule has 4 nitrogen and oxygen atoms in total. The number of benzene rings is 2. The van der Waals surface area contributed by atoms with Gasteiger partial charge >= 0.3 is 0 Å². The maximum Gasteiger partial charge on any atom is 0.254 e. The summed E-state index contributed by atoms with van der Waals surface area (Å²) in [5.41, 5.74) is 2.75. The van der Waals surface area contributed by atoms with Crippen LogP contribution in [0.5, 0.6) is 0 Å². The molecule has 1 heterocycles. The molecule has 4 heteroatoms. The van der Waals surface area contributed by atoms with E-state index in [1.165, 1.54) is 0 Å². The van der Waals surface area contributed by atoms with Gasteiger partial charge in [0.25, 0.3) is 5.91 Å². The van der Waals surface area contributed by atoms with Crippen LogP contribution in [-0.4, -0.2) is 34.1 Å². The van der Waals surface area contributed by atoms with E-state index in [9.17, 15) is 9.90 Å². The molecule has 0 aliphatic rings. The predicted octanol–water partition coefficient (Wildman–Crippen LogP) is 3.37. The van der Waals surface area contributed by atoms with E-state index in [1.807, 2.05) is 72.4 Å². The average Bonchev–Trinajstić information content (AvgIpc) is 3.00. The van der Waals surface area contributed by atoms with Crippen molar-refractivity contribution in [2.24, 2.45) is 7.05 Å². The molecule has 1 N–H and O–H groups in total. The van der Waals surface area contributed by atoms with Gasteiger partial charge in [-0.2, -0.15) is 0 Å². The van der Waals surface area contributed by atoms with Gasteiger partial charge in [0.15, 0.2) is 0 Å². The summed E-state index contributed by atoms with van der Waals surface area (Å²) in [5.74, 6) is -0.0332. The van der Waals surface area contributed by atoms with Crippen LogP contribution in [0.2, 0.25) is 0 Å². The van der Waals surface area contributed by atoms with E-state index in [4.69, 9.17) is 0 Å². The van der Waals surface area contributed by atoms with E-state index >= 15 is 0 Å². The lowest BCUT2D eigenvalue weighted by Crippen LogP contribution is -2.32. The lowest BCUT2D eigenvalue weighted by atomic mass is 10.0. The predicted molar refractivity (Wildman–Crippen MR) is 95.9 cm³/mol. The highest BCUT2D eigenvalue weighted by Crippen LogP contribution is 2.27. The smallest absolute Gasteiger partial charge is 0.254 e. The molecule has 1 atom stereocenters. The molecule has 3 aromatic rings. The van der Waals surface area contributed by atoms with Gasteiger partial charge in [-0.25, -0.2) is 0 Å². The fourth-order valence-electron chi connectivity index (χ4n) is 3.20. The molecule has 0 saturated carbocycles. The van der Waals surface area contributed by atoms with E-state index in [1.54, 1.807) is 11.9 Å². The highest BCUT2D eigenvalue weighted by atomic mass is 16.3. The highest BCUT2D eigenvalue weighted by Gasteiger charge is 2.23. The third-order valence-electron chi connectivity index (χ3n) is 4.53. The van der Waals surface area contributed by atoms with Gasteiger partial charge in [-0.15, -0.1) is 0 Å². The zero-order valence-electron chi connectivity index (χ0n) is 14.0. The summed E-state index contributed by atoms with van der Waals surface area (Å²) >= 11 is 0. The number of carbonyl (C=O) groups excluding carboxylic acids is 1. The molecule has 1 aromatic heterocycles. The second-order valence-corrected chi connectivity index (χ2v) is 6.02. The molecule has 0 aliphatic carbocycles. The monoisotopic (exact) mass is 322 g/mol. The quantitative estimate of drug-likeness (QED) is 0.783. The van der Waals surface area contributed by atoms with E-state index in [-0.39, 0.29) is 18.6 Å². The third-order valence-corrected chi connectivity index (χ3v) is 4.53. The Hall–Kier alpha value is -2.59. The van der Waals surface area contributed by atoms with Crippen molar-refractivity contribution < 1.29 is 9.90 Å². The Morgan fingerprint density at radius 1 is 1.12 bits per heavy atom. The number of aliphatic hydroxyl groups excluding tert-OH is 1. The van der Waals surface area contributed by atoms with Crippen molar-refractivity contribution in [2.75, 3.05) is 13.7 Å². The fourth-order valence-corrected chi connectivity index (χ4v) is 3.20. The lowest BCUT2D eigenvalue weighted by molar-refractivity contribution is 0.0707. The van der Waals surface area contributed by atoms with Gasteiger partial charge in [0, 0.05) is 43.4 Å². The molecular formula is C20H22N2O2. The van der Waals surface area contributed by atoms with Crippen molar-refractivity contribution in [3.63, 3.8) is 0 Å². The minimum absolute atomic E-state index is 0.0332. The van der Waals surface area contributed by atoms with Crippen molar-refractivity contribution in [3.8, 4) is 0 Å². The van der Waals surface area contributed by atoms with Gasteiger partial charge in [0.05, 0.1) is 6.04 Å². The van der Waals surface area contributed by atoms with E-state index < -0.39 is 0 Å². The number of carbonyl (C=O) groups is 1. The van der Waals surface area contributed by atoms with Gasteiger partial charge in [-0.3, -0.25) is 4.79 Å². The number of aliphatic hydroxyl groups is 1. The summed E-state index contributed by atoms with van der Waals surface area (Å²) in [6, 6.07) is 17.4. The number of hydrogen-bond donors (Lipinski definition) is 1. The number of aromatic nitrogens is 1. The Balaban J connectivity index is 1.97. The highest BCUT2D eigenvalue weighted by molar-refractivity contribution is 6.06. The zero-order valence-corrected chi connectivity index (χ0v) is 14.0. The number of hydrogen-bond acceptors (Lipinski definition) is 2. The molecule has 0 fully saturated rings. The maximum absolute atomic E-state index is 13.1. The molecule has 124 valence electrons. The summed E-state index contributed by atoms with van der Waals surface area (Å²) in [6.45, 7) is 0.0344. The van der Waals surface area contributed by atoms with Crippen LogP contribution >= 0.6 is 0 Å². The van der Waals surface area contributed by atoms with Gasteiger partial charge in [-0.1, -0.05) is 36.4 Å². The zero-order chi connectivity index (χ0) is 17.1. The Kier molecular flexibility index (Phi) is 4.67. The second-order valence-electron chi connectivity index (χ2n) is 6.02. The standard InChI is InChI=1S/C20H22N2O2/c1-21-13-11-16-17(9-6-10-19(16)21)20(24)22(2)18(12-14-23)15-7-4-3-5-8-15/h3-11,13,18,23H,12,14H2,1-2H3. The van der Waals surface area contributed by atoms with E-state index in [0.717, 1.165) is 16.5 Å². The largest absolute Gasteiger partial charge is 0.396 e. The number of aryl methyl sites for hydroxylation is 1. The van der Waals surface area contributed by atoms with Crippen LogP contribution < -0.4 is 0 Å². The first-order valence-electron chi connectivity index (χ1n) is 8.10. The minimum Gasteiger partial charge on any atom is -0.396 e. The van der Waals surface area contributed by atoms with Crippen LogP contribution in [0.15, 0.2) is 60.8 Å². The Morgan fingerprint density at radius 3 is 2.58 bits per heavy atom. The van der Waals surface area contributed by atoms with Crippen LogP contribution in [0, 0.1) is 0 Å². The van der Waals surface area contributed by atoms with Gasteiger partial charge in [0.2, 0.25) is 0 Å². The molecule has 0 bridgehead atoms. The Morgan fingerprint density at radius 2 is 1.88 bits per heavy atom. The minimum atomic E-state index is -0.150. The van der Waals surface area contributed by atoms with Crippen LogP contribution in [0.4, 0.5) is 0 Å². The van der Waals surface area contributed by atoms with Gasteiger partial charge < -0.3 is 14.6 Å². The maximum atomic E-state index is 13.1. The van der Waals surface area contributed by atoms with Gasteiger partial charge in [0.1, 0.15) is 0 Å². The average molecular weight is 322 g/mol. The van der Waals surface area contributed by atoms with Crippen molar-refractivity contribution in [2.45, 2.75) is 12.5 Å². The Labute approximate surface area is 141 Å². The molecule has 24 heavy (non-hydrogen) atoms. The third kappa shape index (κ3) is 2.93. The lowest BCUT2D eigenvalue weighted by Gasteiger charge is -2.28. The molecule has 1 amide bonds. The molecule has 0 aliphatic heterocycles. The molecule has 1 unspecified atom stereocenters. The molecule has 2 aromatic carbocycles. The number of nitrogens with zero attached hydrogens (tertiary/aromatic N) is 2. The fraction of sp³-hybridized carbons (Fsp3) is 0.250. The molecule has 3 rings (SSSR count). The van der Waals surface area contributed by atoms with Crippen LogP contribution in [0.3, 0.4) is 0 Å². The molecule has 0 radical (unpaired) electrons. The summed E-state index contributed by atoms with van der Waals surface area (Å²) in [5, 5.41) is 10.4. The number of amides is 1. The summed E-state index contributed by atoms with van der Waals surface area (Å²) in [4.78, 5) is 14.8. The first-order valence-corrected chi connectivity index (χ1v) is 8.10. The van der Waals surface area contributed by atoms with Crippen LogP contribution in [0.25, 0.3) is 10.9 Å². The first-order chi connectivity index (χ1) is 11.6.